The number of allylic oxidation sites excluding steroid dienone is 1. The first-order valence-corrected chi connectivity index (χ1v) is 7.12. The van der Waals surface area contributed by atoms with Crippen molar-refractivity contribution in [3.63, 3.8) is 0 Å². The minimum Gasteiger partial charge on any atom is -0.371 e. The lowest BCUT2D eigenvalue weighted by atomic mass is 9.80. The molecule has 0 amide bonds. The van der Waals surface area contributed by atoms with Crippen LogP contribution >= 0.6 is 0 Å². The molecular weight excluding hydrogens is 210 g/mol. The summed E-state index contributed by atoms with van der Waals surface area (Å²) in [7, 11) is 0. The molecule has 1 saturated carbocycles. The Kier molecular flexibility index (Phi) is 4.13. The Balaban J connectivity index is 1.65. The van der Waals surface area contributed by atoms with E-state index in [0.29, 0.717) is 12.2 Å². The zero-order valence-electron chi connectivity index (χ0n) is 11.6. The van der Waals surface area contributed by atoms with Gasteiger partial charge in [0.25, 0.3) is 0 Å². The van der Waals surface area contributed by atoms with Crippen molar-refractivity contribution in [2.45, 2.75) is 58.7 Å². The molecule has 0 spiro atoms. The highest BCUT2D eigenvalue weighted by Crippen LogP contribution is 2.32. The topological polar surface area (TPSA) is 12.5 Å². The second kappa shape index (κ2) is 5.43. The maximum atomic E-state index is 6.15. The predicted octanol–water partition coefficient (Wildman–Crippen LogP) is 3.44. The minimum atomic E-state index is 0.465. The SMILES string of the molecule is C=C(C)N1CC(OC2CCC(C(C)C)CC2)C1. The van der Waals surface area contributed by atoms with E-state index in [9.17, 15) is 0 Å². The van der Waals surface area contributed by atoms with Crippen LogP contribution in [-0.2, 0) is 4.74 Å². The molecule has 2 aliphatic rings. The van der Waals surface area contributed by atoms with Gasteiger partial charge in [0.05, 0.1) is 12.2 Å². The van der Waals surface area contributed by atoms with Crippen molar-refractivity contribution in [3.8, 4) is 0 Å². The predicted molar refractivity (Wildman–Crippen MR) is 71.8 cm³/mol. The molecule has 0 bridgehead atoms. The van der Waals surface area contributed by atoms with E-state index in [1.165, 1.54) is 31.4 Å². The van der Waals surface area contributed by atoms with Gasteiger partial charge in [-0.25, -0.2) is 0 Å². The number of hydrogen-bond acceptors (Lipinski definition) is 2. The highest BCUT2D eigenvalue weighted by Gasteiger charge is 2.31. The fraction of sp³-hybridized carbons (Fsp3) is 0.867. The maximum absolute atomic E-state index is 6.15. The number of likely N-dealkylation sites (tertiary alicyclic amines) is 1. The molecule has 0 radical (unpaired) electrons. The van der Waals surface area contributed by atoms with Crippen LogP contribution in [0.3, 0.4) is 0 Å². The van der Waals surface area contributed by atoms with E-state index in [0.717, 1.165) is 24.9 Å². The summed E-state index contributed by atoms with van der Waals surface area (Å²) < 4.78 is 6.15. The lowest BCUT2D eigenvalue weighted by molar-refractivity contribution is -0.0961. The van der Waals surface area contributed by atoms with E-state index in [-0.39, 0.29) is 0 Å². The molecule has 17 heavy (non-hydrogen) atoms. The van der Waals surface area contributed by atoms with E-state index >= 15 is 0 Å². The van der Waals surface area contributed by atoms with Gasteiger partial charge in [0, 0.05) is 18.8 Å². The van der Waals surface area contributed by atoms with Gasteiger partial charge in [-0.05, 0) is 44.4 Å². The van der Waals surface area contributed by atoms with Gasteiger partial charge in [0.2, 0.25) is 0 Å². The van der Waals surface area contributed by atoms with Gasteiger partial charge in [-0.2, -0.15) is 0 Å². The smallest absolute Gasteiger partial charge is 0.0927 e. The van der Waals surface area contributed by atoms with Crippen LogP contribution in [0.4, 0.5) is 0 Å². The largest absolute Gasteiger partial charge is 0.371 e. The summed E-state index contributed by atoms with van der Waals surface area (Å²) in [4.78, 5) is 2.30. The number of ether oxygens (including phenoxy) is 1. The Hall–Kier alpha value is -0.500. The van der Waals surface area contributed by atoms with E-state index in [4.69, 9.17) is 4.74 Å². The number of nitrogens with zero attached hydrogens (tertiary/aromatic N) is 1. The molecule has 1 aliphatic carbocycles. The molecule has 1 heterocycles. The van der Waals surface area contributed by atoms with Crippen molar-refractivity contribution < 1.29 is 4.74 Å². The minimum absolute atomic E-state index is 0.465. The van der Waals surface area contributed by atoms with Crippen molar-refractivity contribution >= 4 is 0 Å². The first kappa shape index (κ1) is 12.9. The molecule has 0 aromatic heterocycles. The highest BCUT2D eigenvalue weighted by atomic mass is 16.5. The molecule has 2 rings (SSSR count). The average Bonchev–Trinajstić information content (AvgIpc) is 2.23. The van der Waals surface area contributed by atoms with Crippen LogP contribution < -0.4 is 0 Å². The lowest BCUT2D eigenvalue weighted by Gasteiger charge is -2.43. The monoisotopic (exact) mass is 237 g/mol. The van der Waals surface area contributed by atoms with Crippen LogP contribution in [0, 0.1) is 11.8 Å². The van der Waals surface area contributed by atoms with Gasteiger partial charge in [-0.3, -0.25) is 0 Å². The van der Waals surface area contributed by atoms with Crippen molar-refractivity contribution in [1.29, 1.82) is 0 Å². The first-order chi connectivity index (χ1) is 8.06. The van der Waals surface area contributed by atoms with Crippen LogP contribution in [0.1, 0.15) is 46.5 Å². The van der Waals surface area contributed by atoms with Gasteiger partial charge >= 0.3 is 0 Å². The third-order valence-corrected chi connectivity index (χ3v) is 4.43. The average molecular weight is 237 g/mol. The van der Waals surface area contributed by atoms with Crippen LogP contribution in [0.15, 0.2) is 12.3 Å². The molecule has 0 N–H and O–H groups in total. The van der Waals surface area contributed by atoms with Gasteiger partial charge < -0.3 is 9.64 Å². The Morgan fingerprint density at radius 1 is 1.12 bits per heavy atom. The summed E-state index contributed by atoms with van der Waals surface area (Å²) in [6.07, 6.45) is 6.26. The fourth-order valence-electron chi connectivity index (χ4n) is 3.00. The summed E-state index contributed by atoms with van der Waals surface area (Å²) in [5.74, 6) is 1.78. The molecule has 0 unspecified atom stereocenters. The molecule has 1 aliphatic heterocycles. The molecule has 2 heteroatoms. The molecule has 0 aromatic carbocycles. The third kappa shape index (κ3) is 3.25. The summed E-state index contributed by atoms with van der Waals surface area (Å²) in [5, 5.41) is 0. The second-order valence-electron chi connectivity index (χ2n) is 6.18. The second-order valence-corrected chi connectivity index (χ2v) is 6.18. The molecule has 98 valence electrons. The molecule has 1 saturated heterocycles. The standard InChI is InChI=1S/C15H27NO/c1-11(2)13-5-7-14(8-6-13)17-15-9-16(10-15)12(3)4/h11,13-15H,3,5-10H2,1-2,4H3. The Labute approximate surface area is 106 Å². The molecular formula is C15H27NO. The van der Waals surface area contributed by atoms with E-state index in [1.807, 2.05) is 0 Å². The third-order valence-electron chi connectivity index (χ3n) is 4.43. The maximum Gasteiger partial charge on any atom is 0.0927 e. The van der Waals surface area contributed by atoms with Gasteiger partial charge in [0.1, 0.15) is 0 Å². The molecule has 0 aromatic rings. The molecule has 2 fully saturated rings. The zero-order chi connectivity index (χ0) is 12.4. The number of rotatable bonds is 4. The lowest BCUT2D eigenvalue weighted by Crippen LogP contribution is -2.52. The Morgan fingerprint density at radius 2 is 1.71 bits per heavy atom. The van der Waals surface area contributed by atoms with Crippen molar-refractivity contribution in [3.05, 3.63) is 12.3 Å². The highest BCUT2D eigenvalue weighted by molar-refractivity contribution is 4.98. The van der Waals surface area contributed by atoms with Crippen LogP contribution in [0.5, 0.6) is 0 Å². The fourth-order valence-corrected chi connectivity index (χ4v) is 3.00. The Bertz CT molecular complexity index is 260. The summed E-state index contributed by atoms with van der Waals surface area (Å²) in [6.45, 7) is 12.8. The quantitative estimate of drug-likeness (QED) is 0.742. The van der Waals surface area contributed by atoms with E-state index in [2.05, 4.69) is 32.3 Å². The summed E-state index contributed by atoms with van der Waals surface area (Å²) in [5.41, 5.74) is 1.17. The van der Waals surface area contributed by atoms with E-state index in [1.54, 1.807) is 0 Å². The normalized spacial score (nSPS) is 30.5. The van der Waals surface area contributed by atoms with Gasteiger partial charge in [0.15, 0.2) is 0 Å². The van der Waals surface area contributed by atoms with Gasteiger partial charge in [-0.15, -0.1) is 0 Å². The summed E-state index contributed by atoms with van der Waals surface area (Å²) >= 11 is 0. The van der Waals surface area contributed by atoms with Crippen LogP contribution in [0.25, 0.3) is 0 Å². The van der Waals surface area contributed by atoms with Crippen LogP contribution in [0.2, 0.25) is 0 Å². The van der Waals surface area contributed by atoms with Crippen molar-refractivity contribution in [2.75, 3.05) is 13.1 Å². The van der Waals surface area contributed by atoms with E-state index < -0.39 is 0 Å². The Morgan fingerprint density at radius 3 is 2.18 bits per heavy atom. The zero-order valence-corrected chi connectivity index (χ0v) is 11.6. The van der Waals surface area contributed by atoms with Crippen molar-refractivity contribution in [1.82, 2.24) is 4.90 Å². The summed E-state index contributed by atoms with van der Waals surface area (Å²) in [6, 6.07) is 0. The van der Waals surface area contributed by atoms with Crippen LogP contribution in [-0.4, -0.2) is 30.2 Å². The molecule has 2 nitrogen and oxygen atoms in total. The molecule has 0 atom stereocenters. The van der Waals surface area contributed by atoms with Gasteiger partial charge in [-0.1, -0.05) is 20.4 Å². The first-order valence-electron chi connectivity index (χ1n) is 7.12. The number of hydrogen-bond donors (Lipinski definition) is 0. The van der Waals surface area contributed by atoms with Crippen molar-refractivity contribution in [2.24, 2.45) is 11.8 Å².